The maximum Gasteiger partial charge on any atom is 0.187 e. The molecule has 0 aromatic heterocycles. The van der Waals surface area contributed by atoms with Gasteiger partial charge in [0.15, 0.2) is 5.11 Å². The number of hydrogen-bond acceptors (Lipinski definition) is 4. The Bertz CT molecular complexity index is 439. The van der Waals surface area contributed by atoms with Crippen LogP contribution in [0.1, 0.15) is 19.4 Å². The molecule has 0 aliphatic rings. The van der Waals surface area contributed by atoms with E-state index in [2.05, 4.69) is 15.8 Å². The summed E-state index contributed by atoms with van der Waals surface area (Å²) in [4.78, 5) is 0. The molecule has 0 heterocycles. The Hall–Kier alpha value is -1.82. The van der Waals surface area contributed by atoms with Crippen LogP contribution in [-0.4, -0.2) is 31.6 Å². The number of thiocarbonyl (C=S) groups is 1. The Kier molecular flexibility index (Phi) is 6.08. The zero-order valence-corrected chi connectivity index (χ0v) is 12.4. The Labute approximate surface area is 119 Å². The summed E-state index contributed by atoms with van der Waals surface area (Å²) < 4.78 is 10.4. The van der Waals surface area contributed by atoms with Crippen LogP contribution in [0, 0.1) is 0 Å². The summed E-state index contributed by atoms with van der Waals surface area (Å²) >= 11 is 5.06. The van der Waals surface area contributed by atoms with Crippen LogP contribution in [-0.2, 0) is 0 Å². The maximum absolute atomic E-state index is 5.18. The average Bonchev–Trinajstić information content (AvgIpc) is 2.37. The van der Waals surface area contributed by atoms with Crippen LogP contribution in [0.5, 0.6) is 11.5 Å². The fraction of sp³-hybridized carbons (Fsp3) is 0.385. The van der Waals surface area contributed by atoms with E-state index < -0.39 is 0 Å². The molecule has 0 aliphatic heterocycles. The summed E-state index contributed by atoms with van der Waals surface area (Å²) in [5, 5.41) is 7.57. The highest BCUT2D eigenvalue weighted by Gasteiger charge is 2.00. The highest BCUT2D eigenvalue weighted by atomic mass is 32.1. The predicted octanol–water partition coefficient (Wildman–Crippen LogP) is 1.91. The lowest BCUT2D eigenvalue weighted by Crippen LogP contribution is -2.36. The van der Waals surface area contributed by atoms with E-state index in [0.29, 0.717) is 16.6 Å². The van der Waals surface area contributed by atoms with Crippen LogP contribution in [0.15, 0.2) is 23.3 Å². The summed E-state index contributed by atoms with van der Waals surface area (Å²) in [6.45, 7) is 4.01. The van der Waals surface area contributed by atoms with E-state index >= 15 is 0 Å². The third-order valence-corrected chi connectivity index (χ3v) is 2.38. The standard InChI is InChI=1S/C13H19N3O2S/c1-9(2)15-13(19)16-14-8-10-5-11(17-3)7-12(6-10)18-4/h5-9H,1-4H3,(H2,15,16,19). The maximum atomic E-state index is 5.18. The van der Waals surface area contributed by atoms with Gasteiger partial charge in [-0.1, -0.05) is 0 Å². The van der Waals surface area contributed by atoms with E-state index in [4.69, 9.17) is 21.7 Å². The summed E-state index contributed by atoms with van der Waals surface area (Å²) in [5.41, 5.74) is 3.60. The quantitative estimate of drug-likeness (QED) is 0.490. The number of methoxy groups -OCH3 is 2. The monoisotopic (exact) mass is 281 g/mol. The first-order valence-corrected chi connectivity index (χ1v) is 6.28. The van der Waals surface area contributed by atoms with E-state index in [9.17, 15) is 0 Å². The summed E-state index contributed by atoms with van der Waals surface area (Å²) in [7, 11) is 3.21. The van der Waals surface area contributed by atoms with Crippen LogP contribution in [0.25, 0.3) is 0 Å². The Morgan fingerprint density at radius 3 is 2.26 bits per heavy atom. The SMILES string of the molecule is COc1cc(C=NNC(=S)NC(C)C)cc(OC)c1. The van der Waals surface area contributed by atoms with Crippen molar-refractivity contribution in [3.8, 4) is 11.5 Å². The van der Waals surface area contributed by atoms with E-state index in [-0.39, 0.29) is 6.04 Å². The van der Waals surface area contributed by atoms with Gasteiger partial charge in [-0.05, 0) is 38.2 Å². The molecule has 6 heteroatoms. The van der Waals surface area contributed by atoms with Gasteiger partial charge in [-0.3, -0.25) is 5.43 Å². The Morgan fingerprint density at radius 2 is 1.79 bits per heavy atom. The Morgan fingerprint density at radius 1 is 1.21 bits per heavy atom. The number of rotatable bonds is 5. The van der Waals surface area contributed by atoms with Gasteiger partial charge in [0.1, 0.15) is 11.5 Å². The van der Waals surface area contributed by atoms with E-state index in [1.54, 1.807) is 26.5 Å². The minimum Gasteiger partial charge on any atom is -0.497 e. The molecule has 1 aromatic rings. The van der Waals surface area contributed by atoms with Crippen molar-refractivity contribution in [2.24, 2.45) is 5.10 Å². The van der Waals surface area contributed by atoms with Crippen LogP contribution >= 0.6 is 12.2 Å². The normalized spacial score (nSPS) is 10.6. The molecule has 0 atom stereocenters. The summed E-state index contributed by atoms with van der Waals surface area (Å²) in [5.74, 6) is 1.42. The summed E-state index contributed by atoms with van der Waals surface area (Å²) in [6, 6.07) is 5.78. The van der Waals surface area contributed by atoms with Crippen molar-refractivity contribution in [2.75, 3.05) is 14.2 Å². The van der Waals surface area contributed by atoms with E-state index in [1.807, 2.05) is 26.0 Å². The van der Waals surface area contributed by atoms with Gasteiger partial charge < -0.3 is 14.8 Å². The molecule has 0 fully saturated rings. The third-order valence-electron chi connectivity index (χ3n) is 2.17. The first-order chi connectivity index (χ1) is 9.05. The number of benzene rings is 1. The van der Waals surface area contributed by atoms with Crippen molar-refractivity contribution in [3.63, 3.8) is 0 Å². The second-order valence-electron chi connectivity index (χ2n) is 4.14. The molecule has 19 heavy (non-hydrogen) atoms. The van der Waals surface area contributed by atoms with Crippen molar-refractivity contribution in [2.45, 2.75) is 19.9 Å². The van der Waals surface area contributed by atoms with Crippen LogP contribution in [0.2, 0.25) is 0 Å². The van der Waals surface area contributed by atoms with Crippen LogP contribution < -0.4 is 20.2 Å². The summed E-state index contributed by atoms with van der Waals surface area (Å²) in [6.07, 6.45) is 1.65. The van der Waals surface area contributed by atoms with Gasteiger partial charge in [0.25, 0.3) is 0 Å². The van der Waals surface area contributed by atoms with Crippen LogP contribution in [0.4, 0.5) is 0 Å². The van der Waals surface area contributed by atoms with Crippen molar-refractivity contribution in [1.29, 1.82) is 0 Å². The van der Waals surface area contributed by atoms with E-state index in [1.165, 1.54) is 0 Å². The van der Waals surface area contributed by atoms with Crippen LogP contribution in [0.3, 0.4) is 0 Å². The lowest BCUT2D eigenvalue weighted by molar-refractivity contribution is 0.394. The molecule has 0 saturated carbocycles. The molecule has 1 aromatic carbocycles. The van der Waals surface area contributed by atoms with E-state index in [0.717, 1.165) is 5.56 Å². The minimum absolute atomic E-state index is 0.270. The number of nitrogens with zero attached hydrogens (tertiary/aromatic N) is 1. The predicted molar refractivity (Wildman–Crippen MR) is 81.1 cm³/mol. The number of hydrogen-bond donors (Lipinski definition) is 2. The molecule has 2 N–H and O–H groups in total. The molecule has 104 valence electrons. The van der Waals surface area contributed by atoms with Crippen molar-refractivity contribution >= 4 is 23.5 Å². The fourth-order valence-corrected chi connectivity index (χ4v) is 1.65. The van der Waals surface area contributed by atoms with Gasteiger partial charge in [0.2, 0.25) is 0 Å². The molecule has 0 aliphatic carbocycles. The zero-order valence-electron chi connectivity index (χ0n) is 11.6. The first-order valence-electron chi connectivity index (χ1n) is 5.87. The van der Waals surface area contributed by atoms with Gasteiger partial charge in [0, 0.05) is 17.7 Å². The molecule has 0 bridgehead atoms. The molecule has 1 rings (SSSR count). The Balaban J connectivity index is 2.68. The molecule has 0 amide bonds. The van der Waals surface area contributed by atoms with Gasteiger partial charge in [0.05, 0.1) is 20.4 Å². The average molecular weight is 281 g/mol. The smallest absolute Gasteiger partial charge is 0.187 e. The van der Waals surface area contributed by atoms with Crippen molar-refractivity contribution in [3.05, 3.63) is 23.8 Å². The van der Waals surface area contributed by atoms with Gasteiger partial charge in [-0.2, -0.15) is 5.10 Å². The zero-order chi connectivity index (χ0) is 14.3. The fourth-order valence-electron chi connectivity index (χ4n) is 1.36. The lowest BCUT2D eigenvalue weighted by atomic mass is 10.2. The molecular formula is C13H19N3O2S. The third kappa shape index (κ3) is 5.56. The van der Waals surface area contributed by atoms with Gasteiger partial charge in [-0.15, -0.1) is 0 Å². The second kappa shape index (κ2) is 7.58. The van der Waals surface area contributed by atoms with Gasteiger partial charge >= 0.3 is 0 Å². The lowest BCUT2D eigenvalue weighted by Gasteiger charge is -2.09. The number of nitrogens with one attached hydrogen (secondary N) is 2. The molecular weight excluding hydrogens is 262 g/mol. The number of ether oxygens (including phenoxy) is 2. The second-order valence-corrected chi connectivity index (χ2v) is 4.55. The highest BCUT2D eigenvalue weighted by molar-refractivity contribution is 7.80. The van der Waals surface area contributed by atoms with Crippen molar-refractivity contribution < 1.29 is 9.47 Å². The topological polar surface area (TPSA) is 54.9 Å². The molecule has 0 radical (unpaired) electrons. The molecule has 5 nitrogen and oxygen atoms in total. The molecule has 0 spiro atoms. The number of hydrazone groups is 1. The first kappa shape index (κ1) is 15.2. The minimum atomic E-state index is 0.270. The highest BCUT2D eigenvalue weighted by Crippen LogP contribution is 2.21. The van der Waals surface area contributed by atoms with Gasteiger partial charge in [-0.25, -0.2) is 0 Å². The molecule has 0 saturated heterocycles. The largest absolute Gasteiger partial charge is 0.497 e. The molecule has 0 unspecified atom stereocenters. The van der Waals surface area contributed by atoms with Crippen molar-refractivity contribution in [1.82, 2.24) is 10.7 Å².